The molecule has 2 rings (SSSR count). The predicted molar refractivity (Wildman–Crippen MR) is 78.9 cm³/mol. The van der Waals surface area contributed by atoms with Crippen molar-refractivity contribution in [1.29, 1.82) is 0 Å². The fourth-order valence-electron chi connectivity index (χ4n) is 3.43. The van der Waals surface area contributed by atoms with Gasteiger partial charge in [-0.3, -0.25) is 0 Å². The van der Waals surface area contributed by atoms with Crippen molar-refractivity contribution in [3.05, 3.63) is 0 Å². The van der Waals surface area contributed by atoms with Crippen LogP contribution in [-0.2, 0) is 4.74 Å². The zero-order chi connectivity index (χ0) is 15.3. The predicted octanol–water partition coefficient (Wildman–Crippen LogP) is 0.574. The first kappa shape index (κ1) is 15.8. The first-order valence-electron chi connectivity index (χ1n) is 7.02. The molecule has 0 aromatic carbocycles. The molecule has 2 bridgehead atoms. The van der Waals surface area contributed by atoms with Crippen molar-refractivity contribution in [3.8, 4) is 0 Å². The fourth-order valence-corrected chi connectivity index (χ4v) is 3.43. The molecular weight excluding hydrogens is 251 g/mol. The van der Waals surface area contributed by atoms with Gasteiger partial charge in [0.05, 0.1) is 29.1 Å². The van der Waals surface area contributed by atoms with Crippen molar-refractivity contribution in [1.82, 2.24) is 4.90 Å². The summed E-state index contributed by atoms with van der Waals surface area (Å²) < 4.78 is 5.37. The highest BCUT2D eigenvalue weighted by Gasteiger charge is 2.58. The molecule has 1 aliphatic carbocycles. The Bertz CT molecular complexity index is 389. The summed E-state index contributed by atoms with van der Waals surface area (Å²) in [6.45, 7) is 6.21. The summed E-state index contributed by atoms with van der Waals surface area (Å²) in [6, 6.07) is 0. The van der Waals surface area contributed by atoms with Gasteiger partial charge in [-0.15, -0.1) is 5.11 Å². The molecule has 0 spiro atoms. The van der Waals surface area contributed by atoms with E-state index in [9.17, 15) is 9.90 Å². The summed E-state index contributed by atoms with van der Waals surface area (Å²) in [5.74, 6) is -0.428. The number of hydrogen-bond acceptors (Lipinski definition) is 3. The number of hydrogen-bond donors (Lipinski definition) is 1. The smallest absolute Gasteiger partial charge is 0.410 e. The van der Waals surface area contributed by atoms with Gasteiger partial charge < -0.3 is 14.7 Å². The van der Waals surface area contributed by atoms with E-state index in [4.69, 9.17) is 28.3 Å². The highest BCUT2D eigenvalue weighted by atomic mass is 16.6. The van der Waals surface area contributed by atoms with Gasteiger partial charge >= 0.3 is 6.09 Å². The molecule has 1 amide bonds. The van der Waals surface area contributed by atoms with Gasteiger partial charge in [0.1, 0.15) is 5.60 Å². The molecule has 1 heterocycles. The van der Waals surface area contributed by atoms with Crippen LogP contribution < -0.4 is 0 Å². The van der Waals surface area contributed by atoms with Crippen molar-refractivity contribution >= 4 is 29.6 Å². The Balaban J connectivity index is 2.12. The van der Waals surface area contributed by atoms with Crippen LogP contribution in [0.5, 0.6) is 0 Å². The quantitative estimate of drug-likeness (QED) is 0.709. The third-order valence-electron chi connectivity index (χ3n) is 4.34. The van der Waals surface area contributed by atoms with Crippen LogP contribution in [0.4, 0.5) is 4.79 Å². The Kier molecular flexibility index (Phi) is 3.73. The summed E-state index contributed by atoms with van der Waals surface area (Å²) in [7, 11) is 17.3. The van der Waals surface area contributed by atoms with Crippen LogP contribution in [0.3, 0.4) is 0 Å². The Morgan fingerprint density at radius 3 is 2.00 bits per heavy atom. The van der Waals surface area contributed by atoms with Crippen molar-refractivity contribution in [2.24, 2.45) is 11.8 Å². The minimum atomic E-state index is -1.65. The van der Waals surface area contributed by atoms with E-state index in [0.717, 1.165) is 12.8 Å². The number of amides is 1. The highest BCUT2D eigenvalue weighted by molar-refractivity contribution is 6.59. The average Bonchev–Trinajstić information content (AvgIpc) is 2.47. The molecule has 2 unspecified atom stereocenters. The van der Waals surface area contributed by atoms with Crippen LogP contribution in [0, 0.1) is 11.8 Å². The molecule has 2 fully saturated rings. The van der Waals surface area contributed by atoms with Gasteiger partial charge in [0.25, 0.3) is 0 Å². The molecule has 1 saturated carbocycles. The average molecular weight is 271 g/mol. The number of aliphatic hydroxyl groups is 1. The summed E-state index contributed by atoms with van der Waals surface area (Å²) in [5.41, 5.74) is -1.87. The van der Waals surface area contributed by atoms with E-state index in [-0.39, 0.29) is 17.9 Å². The molecule has 6 radical (unpaired) electrons. The second kappa shape index (κ2) is 4.72. The van der Waals surface area contributed by atoms with E-state index in [0.29, 0.717) is 13.1 Å². The Morgan fingerprint density at radius 1 is 1.20 bits per heavy atom. The lowest BCUT2D eigenvalue weighted by atomic mass is 9.33. The molecule has 4 nitrogen and oxygen atoms in total. The number of ether oxygens (including phenoxy) is 1. The van der Waals surface area contributed by atoms with E-state index in [2.05, 4.69) is 0 Å². The summed E-state index contributed by atoms with van der Waals surface area (Å²) >= 11 is 0. The van der Waals surface area contributed by atoms with Crippen molar-refractivity contribution < 1.29 is 14.6 Å². The molecule has 1 saturated heterocycles. The van der Waals surface area contributed by atoms with Gasteiger partial charge in [-0.1, -0.05) is 0 Å². The number of likely N-dealkylation sites (tertiary alicyclic amines) is 1. The Labute approximate surface area is 124 Å². The summed E-state index contributed by atoms with van der Waals surface area (Å²) in [4.78, 5) is 13.7. The Hall–Kier alpha value is -0.575. The molecule has 0 aromatic rings. The SMILES string of the molecule is [B]C([B])([B])C1(O)C2CCC1CN(C(=O)OC(C)(C)C)C2. The maximum absolute atomic E-state index is 12.1. The third-order valence-corrected chi connectivity index (χ3v) is 4.34. The van der Waals surface area contributed by atoms with Crippen LogP contribution in [0.25, 0.3) is 0 Å². The van der Waals surface area contributed by atoms with E-state index in [1.165, 1.54) is 0 Å². The second-order valence-corrected chi connectivity index (χ2v) is 7.11. The number of piperidine rings is 1. The van der Waals surface area contributed by atoms with Crippen LogP contribution in [-0.4, -0.2) is 63.9 Å². The monoisotopic (exact) mass is 271 g/mol. The molecule has 20 heavy (non-hydrogen) atoms. The minimum absolute atomic E-state index is 0.214. The van der Waals surface area contributed by atoms with E-state index in [1.54, 1.807) is 4.90 Å². The molecule has 104 valence electrons. The van der Waals surface area contributed by atoms with E-state index in [1.807, 2.05) is 20.8 Å². The highest BCUT2D eigenvalue weighted by Crippen LogP contribution is 2.53. The van der Waals surface area contributed by atoms with Gasteiger partial charge in [-0.25, -0.2) is 4.79 Å². The molecular formula is C13H20B3NO3. The van der Waals surface area contributed by atoms with Crippen LogP contribution in [0.15, 0.2) is 0 Å². The van der Waals surface area contributed by atoms with Gasteiger partial charge in [0, 0.05) is 24.9 Å². The zero-order valence-corrected chi connectivity index (χ0v) is 12.4. The largest absolute Gasteiger partial charge is 0.444 e. The number of nitrogens with zero attached hydrogens (tertiary/aromatic N) is 1. The van der Waals surface area contributed by atoms with Gasteiger partial charge in [-0.05, 0) is 33.6 Å². The molecule has 2 atom stereocenters. The second-order valence-electron chi connectivity index (χ2n) is 7.11. The topological polar surface area (TPSA) is 49.8 Å². The summed E-state index contributed by atoms with van der Waals surface area (Å²) in [6.07, 6.45) is 1.15. The molecule has 0 aromatic heterocycles. The van der Waals surface area contributed by atoms with Crippen LogP contribution in [0.2, 0.25) is 5.11 Å². The molecule has 1 N–H and O–H groups in total. The first-order chi connectivity index (χ1) is 8.95. The number of carbonyl (C=O) groups excluding carboxylic acids is 1. The minimum Gasteiger partial charge on any atom is -0.444 e. The Morgan fingerprint density at radius 2 is 1.65 bits per heavy atom. The maximum Gasteiger partial charge on any atom is 0.410 e. The normalized spacial score (nSPS) is 34.1. The van der Waals surface area contributed by atoms with Crippen molar-refractivity contribution in [2.45, 2.75) is 49.9 Å². The van der Waals surface area contributed by atoms with E-state index >= 15 is 0 Å². The lowest BCUT2D eigenvalue weighted by Gasteiger charge is -2.52. The standard InChI is InChI=1S/C13H20B3NO3/c1-11(2,3)20-10(18)17-6-8-4-5-9(7-17)12(8,19)13(14,15)16/h8-9,19H,4-7H2,1-3H3. The van der Waals surface area contributed by atoms with Gasteiger partial charge in [-0.2, -0.15) is 0 Å². The first-order valence-corrected chi connectivity index (χ1v) is 7.02. The summed E-state index contributed by atoms with van der Waals surface area (Å²) in [5, 5.41) is 9.13. The number of carbonyl (C=O) groups is 1. The number of rotatable bonds is 1. The lowest BCUT2D eigenvalue weighted by molar-refractivity contribution is -0.0837. The van der Waals surface area contributed by atoms with Crippen LogP contribution in [0.1, 0.15) is 33.6 Å². The maximum atomic E-state index is 12.1. The van der Waals surface area contributed by atoms with Gasteiger partial charge in [0.2, 0.25) is 0 Å². The molecule has 1 aliphatic heterocycles. The van der Waals surface area contributed by atoms with E-state index < -0.39 is 16.3 Å². The third kappa shape index (κ3) is 2.61. The molecule has 2 aliphatic rings. The zero-order valence-electron chi connectivity index (χ0n) is 12.4. The molecule has 7 heteroatoms. The lowest BCUT2D eigenvalue weighted by Crippen LogP contribution is -2.61. The van der Waals surface area contributed by atoms with Crippen LogP contribution >= 0.6 is 0 Å². The number of fused-ring (bicyclic) bond motifs is 2. The fraction of sp³-hybridized carbons (Fsp3) is 0.923. The van der Waals surface area contributed by atoms with Gasteiger partial charge in [0.15, 0.2) is 0 Å². The van der Waals surface area contributed by atoms with Crippen molar-refractivity contribution in [2.75, 3.05) is 13.1 Å². The van der Waals surface area contributed by atoms with Crippen molar-refractivity contribution in [3.63, 3.8) is 0 Å².